The Hall–Kier alpha value is -4.92. The van der Waals surface area contributed by atoms with Crippen molar-refractivity contribution in [2.75, 3.05) is 148 Å². The van der Waals surface area contributed by atoms with Gasteiger partial charge in [-0.05, 0) is 356 Å². The molecule has 0 atom stereocenters. The molecule has 148 heavy (non-hydrogen) atoms. The Morgan fingerprint density at radius 2 is 0.480 bits per heavy atom. The second-order valence-corrected chi connectivity index (χ2v) is 56.6. The largest absolute Gasteiger partial charge is 0.748 e. The molecule has 16 bridgehead atoms. The summed E-state index contributed by atoms with van der Waals surface area (Å²) in [7, 11) is 6.40. The second kappa shape index (κ2) is 46.3. The minimum Gasteiger partial charge on any atom is -0.748 e. The fourth-order valence-corrected chi connectivity index (χ4v) is 30.2. The predicted molar refractivity (Wildman–Crippen MR) is 554 cm³/mol. The molecule has 20 aliphatic carbocycles. The maximum Gasteiger partial charge on any atom is 0.261 e. The van der Waals surface area contributed by atoms with Gasteiger partial charge in [-0.3, -0.25) is 9.11 Å². The highest BCUT2D eigenvalue weighted by molar-refractivity contribution is 7.85. The van der Waals surface area contributed by atoms with E-state index in [0.29, 0.717) is 96.0 Å². The first-order chi connectivity index (χ1) is 69.7. The SMILES string of the molecule is CN(C)CCCOc1ccc(C2CCC3(CC2)OOC2(O3)C3CC4CC(C3)CC2C4)cc1.CN(C)CCOc1ccc(C2CCC3(CC2)OOC2(O3)C3CC4CC(C3)CC2C4)cc1.CS(=O)(=O)O.CS(=O)(=O)O.CS(=O)(=O)[O-].CS(=O)(=O)[O-].C[N+](C)(C)CCCOc1ccc(C2CCC3(CC2)OOC2(O3)C3CC4CC(C3)CC2C4)cc1.C[N+](C)(C)CCOc1ccc(C2CCC3(CC2)OOC2(O3)C3CC4CC(C3)CC2C4)cc1. The summed E-state index contributed by atoms with van der Waals surface area (Å²) in [5.41, 5.74) is 5.62. The molecule has 2 N–H and O–H groups in total. The van der Waals surface area contributed by atoms with Gasteiger partial charge in [-0.25, -0.2) is 16.8 Å². The highest BCUT2D eigenvalue weighted by atomic mass is 32.2. The summed E-state index contributed by atoms with van der Waals surface area (Å²) < 4.78 is 159. The Morgan fingerprint density at radius 3 is 0.676 bits per heavy atom. The molecule has 24 aliphatic rings. The summed E-state index contributed by atoms with van der Waals surface area (Å²) in [6, 6.07) is 35.0. The molecule has 4 aromatic rings. The molecule has 20 saturated carbocycles. The first kappa shape index (κ1) is 114. The number of hydrogen-bond donors (Lipinski definition) is 2. The quantitative estimate of drug-likeness (QED) is 0.0319. The minimum absolute atomic E-state index is 0.439. The lowest BCUT2D eigenvalue weighted by Gasteiger charge is -2.57. The highest BCUT2D eigenvalue weighted by Crippen LogP contribution is 2.70. The summed E-state index contributed by atoms with van der Waals surface area (Å²) in [6.45, 7) is 7.12. The molecule has 0 unspecified atom stereocenters. The second-order valence-electron chi connectivity index (χ2n) is 50.8. The van der Waals surface area contributed by atoms with E-state index in [2.05, 4.69) is 177 Å². The van der Waals surface area contributed by atoms with E-state index in [1.807, 2.05) is 0 Å². The number of rotatable bonds is 22. The Bertz CT molecular complexity index is 5190. The maximum absolute atomic E-state index is 9.19. The van der Waals surface area contributed by atoms with Crippen LogP contribution in [0.2, 0.25) is 0 Å². The number of ether oxygens (including phenoxy) is 8. The van der Waals surface area contributed by atoms with Crippen LogP contribution in [-0.2, 0) is 98.5 Å². The smallest absolute Gasteiger partial charge is 0.261 e. The van der Waals surface area contributed by atoms with Gasteiger partial charge in [0.15, 0.2) is 0 Å². The molecule has 0 radical (unpaired) electrons. The first-order valence-corrected chi connectivity index (χ1v) is 62.8. The standard InChI is InChI=1S/C28H42NO4.C27H40NO4.C27H39NO4.C26H37NO4.4CH4O3S/c1-29(2,3)13-4-14-30-26-7-5-22(6-8-26)23-9-11-27(12-10-23)31-28(33-32-27)24-16-20-15-21(18-24)19-25(28)17-20;1-28(2,3)12-13-29-25-6-4-21(5-7-25)22-8-10-26(11-9-22)30-27(32-31-26)23-15-19-14-20(17-23)18-24(27)16-19;1-28(2)12-3-13-29-25-6-4-21(5-7-25)22-8-10-26(11-9-22)30-27(32-31-26)23-15-19-14-20(17-23)18-24(27)16-19;1-27(2)11-12-28-24-5-3-20(4-6-24)21-7-9-25(10-8-21)29-26(31-30-25)22-14-18-13-19(16-22)17-23(26)15-18;4*1-5(2,3)4/h5-8,20-21,23-25H,4,9-19H2,1-3H3;4-7,19-20,22-24H,8-18H2,1-3H3;4-7,19-20,22-24H,3,8-18H2,1-2H3;3-6,18-19,21-23H,7-17H2,1-2H3;4*1H3,(H,2,3,4)/q2*+1;;;;;;/p-2. The molecular weight excluding hydrogens is 1980 g/mol. The Balaban J connectivity index is 0.000000126. The van der Waals surface area contributed by atoms with E-state index in [1.165, 1.54) is 151 Å². The van der Waals surface area contributed by atoms with Crippen LogP contribution in [0.15, 0.2) is 97.1 Å². The van der Waals surface area contributed by atoms with Gasteiger partial charge in [-0.1, -0.05) is 48.5 Å². The van der Waals surface area contributed by atoms with Gasteiger partial charge in [-0.2, -0.15) is 55.9 Å². The maximum atomic E-state index is 9.19. The van der Waals surface area contributed by atoms with E-state index >= 15 is 0 Å². The van der Waals surface area contributed by atoms with Gasteiger partial charge in [-0.15, -0.1) is 0 Å². The van der Waals surface area contributed by atoms with E-state index in [4.69, 9.17) is 112 Å². The fraction of sp³-hybridized carbons (Fsp3) is 0.786. The van der Waals surface area contributed by atoms with Crippen molar-refractivity contribution in [3.05, 3.63) is 119 Å². The molecule has 32 nitrogen and oxygen atoms in total. The van der Waals surface area contributed by atoms with Crippen LogP contribution >= 0.6 is 0 Å². The number of hydrogen-bond acceptors (Lipinski definition) is 28. The topological polar surface area (TPSA) is 377 Å². The molecule has 4 aliphatic heterocycles. The Kier molecular flexibility index (Phi) is 35.7. The molecule has 832 valence electrons. The zero-order valence-corrected chi connectivity index (χ0v) is 93.5. The van der Waals surface area contributed by atoms with E-state index in [1.54, 1.807) is 0 Å². The van der Waals surface area contributed by atoms with Crippen molar-refractivity contribution in [3.63, 3.8) is 0 Å². The monoisotopic (exact) mass is 2150 g/mol. The average molecular weight is 2150 g/mol. The number of benzene rings is 4. The summed E-state index contributed by atoms with van der Waals surface area (Å²) in [4.78, 5) is 53.4. The van der Waals surface area contributed by atoms with Crippen LogP contribution < -0.4 is 18.9 Å². The van der Waals surface area contributed by atoms with Crippen molar-refractivity contribution in [2.45, 2.75) is 314 Å². The fourth-order valence-electron chi connectivity index (χ4n) is 30.2. The zero-order chi connectivity index (χ0) is 105. The lowest BCUT2D eigenvalue weighted by Crippen LogP contribution is -2.59. The van der Waals surface area contributed by atoms with E-state index < -0.39 is 86.8 Å². The van der Waals surface area contributed by atoms with Gasteiger partial charge in [0.2, 0.25) is 46.3 Å². The molecule has 4 aromatic carbocycles. The van der Waals surface area contributed by atoms with Crippen LogP contribution in [0.3, 0.4) is 0 Å². The van der Waals surface area contributed by atoms with Crippen LogP contribution in [-0.4, -0.2) is 265 Å². The van der Waals surface area contributed by atoms with Crippen LogP contribution in [0.5, 0.6) is 23.0 Å². The molecule has 24 fully saturated rings. The average Bonchev–Trinajstić information content (AvgIpc) is 1.53. The normalized spacial score (nSPS) is 38.4. The van der Waals surface area contributed by atoms with Gasteiger partial charge >= 0.3 is 0 Å². The van der Waals surface area contributed by atoms with Gasteiger partial charge in [0.1, 0.15) is 42.8 Å². The van der Waals surface area contributed by atoms with Gasteiger partial charge in [0.25, 0.3) is 20.2 Å². The predicted octanol–water partition coefficient (Wildman–Crippen LogP) is 18.8. The van der Waals surface area contributed by atoms with Crippen LogP contribution in [0.1, 0.15) is 290 Å². The van der Waals surface area contributed by atoms with Gasteiger partial charge in [0, 0.05) is 131 Å². The number of nitrogens with zero attached hydrogens (tertiary/aromatic N) is 4. The number of quaternary nitrogens is 2. The highest BCUT2D eigenvalue weighted by Gasteiger charge is 2.72. The molecule has 0 aromatic heterocycles. The van der Waals surface area contributed by atoms with Crippen molar-refractivity contribution in [2.24, 2.45) is 94.7 Å². The van der Waals surface area contributed by atoms with Crippen molar-refractivity contribution in [1.82, 2.24) is 9.80 Å². The third kappa shape index (κ3) is 29.4. The number of likely N-dealkylation sites (N-methyl/N-ethyl adjacent to an activating group) is 2. The van der Waals surface area contributed by atoms with E-state index in [9.17, 15) is 16.8 Å². The first-order valence-electron chi connectivity index (χ1n) is 55.5. The van der Waals surface area contributed by atoms with Crippen molar-refractivity contribution in [1.29, 1.82) is 0 Å². The zero-order valence-electron chi connectivity index (χ0n) is 90.2. The van der Waals surface area contributed by atoms with Crippen LogP contribution in [0.25, 0.3) is 0 Å². The van der Waals surface area contributed by atoms with Crippen LogP contribution in [0.4, 0.5) is 0 Å². The lowest BCUT2D eigenvalue weighted by molar-refractivity contribution is -0.870. The van der Waals surface area contributed by atoms with Crippen molar-refractivity contribution < 1.29 is 138 Å². The molecule has 0 amide bonds. The molecule has 4 heterocycles. The van der Waals surface area contributed by atoms with Crippen molar-refractivity contribution >= 4 is 40.5 Å². The Labute approximate surface area is 881 Å². The summed E-state index contributed by atoms with van der Waals surface area (Å²) in [5.74, 6) is 13.9. The summed E-state index contributed by atoms with van der Waals surface area (Å²) in [5, 5.41) is 0. The molecule has 28 rings (SSSR count). The van der Waals surface area contributed by atoms with Crippen molar-refractivity contribution in [3.8, 4) is 23.0 Å². The van der Waals surface area contributed by atoms with E-state index in [-0.39, 0.29) is 0 Å². The van der Waals surface area contributed by atoms with Gasteiger partial charge < -0.3 is 65.8 Å². The third-order valence-corrected chi connectivity index (χ3v) is 36.3. The van der Waals surface area contributed by atoms with E-state index in [0.717, 1.165) is 247 Å². The van der Waals surface area contributed by atoms with Gasteiger partial charge in [0.05, 0.1) is 94.8 Å². The third-order valence-electron chi connectivity index (χ3n) is 36.3. The lowest BCUT2D eigenvalue weighted by atomic mass is 9.53. The molecule has 36 heteroatoms. The van der Waals surface area contributed by atoms with Crippen LogP contribution in [0, 0.1) is 94.7 Å². The molecular formula is C112H172N4O28S4. The summed E-state index contributed by atoms with van der Waals surface area (Å²) in [6.07, 6.45) is 47.0. The summed E-state index contributed by atoms with van der Waals surface area (Å²) >= 11 is 0. The Morgan fingerprint density at radius 1 is 0.291 bits per heavy atom. The minimum atomic E-state index is -3.92. The molecule has 4 saturated heterocycles. The molecule has 8 spiro atoms.